The van der Waals surface area contributed by atoms with Crippen LogP contribution in [0, 0.1) is 0 Å². The SMILES string of the molecule is C=CC[N+](C)(C)C(=O)CCCCCCC/C=C\CCCCCCCC. The van der Waals surface area contributed by atoms with Gasteiger partial charge in [0.25, 0.3) is 0 Å². The molecule has 0 bridgehead atoms. The third-order valence-corrected chi connectivity index (χ3v) is 4.91. The lowest BCUT2D eigenvalue weighted by molar-refractivity contribution is -0.807. The Balaban J connectivity index is 3.37. The normalized spacial score (nSPS) is 12.0. The fraction of sp³-hybridized carbons (Fsp3) is 0.783. The Morgan fingerprint density at radius 3 is 1.80 bits per heavy atom. The van der Waals surface area contributed by atoms with Gasteiger partial charge < -0.3 is 0 Å². The highest BCUT2D eigenvalue weighted by molar-refractivity contribution is 5.68. The van der Waals surface area contributed by atoms with Gasteiger partial charge in [-0.3, -0.25) is 4.48 Å². The van der Waals surface area contributed by atoms with Crippen molar-refractivity contribution >= 4 is 5.91 Å². The molecule has 0 saturated carbocycles. The van der Waals surface area contributed by atoms with Crippen molar-refractivity contribution in [3.8, 4) is 0 Å². The summed E-state index contributed by atoms with van der Waals surface area (Å²) in [5, 5.41) is 0. The first-order chi connectivity index (χ1) is 12.0. The first kappa shape index (κ1) is 24.1. The van der Waals surface area contributed by atoms with E-state index >= 15 is 0 Å². The van der Waals surface area contributed by atoms with Crippen molar-refractivity contribution in [1.82, 2.24) is 0 Å². The van der Waals surface area contributed by atoms with Crippen molar-refractivity contribution < 1.29 is 9.28 Å². The molecule has 25 heavy (non-hydrogen) atoms. The van der Waals surface area contributed by atoms with Crippen molar-refractivity contribution in [2.24, 2.45) is 0 Å². The minimum atomic E-state index is 0.331. The number of allylic oxidation sites excluding steroid dienone is 2. The van der Waals surface area contributed by atoms with E-state index in [2.05, 4.69) is 25.7 Å². The van der Waals surface area contributed by atoms with Gasteiger partial charge in [0.05, 0.1) is 20.5 Å². The second kappa shape index (κ2) is 16.6. The minimum absolute atomic E-state index is 0.331. The minimum Gasteiger partial charge on any atom is -0.262 e. The molecule has 0 heterocycles. The summed E-state index contributed by atoms with van der Waals surface area (Å²) >= 11 is 0. The molecule has 2 nitrogen and oxygen atoms in total. The van der Waals surface area contributed by atoms with Crippen LogP contribution in [-0.4, -0.2) is 31.0 Å². The molecule has 0 radical (unpaired) electrons. The van der Waals surface area contributed by atoms with Gasteiger partial charge in [-0.1, -0.05) is 77.0 Å². The molecule has 0 aromatic rings. The molecule has 1 amide bonds. The largest absolute Gasteiger partial charge is 0.313 e. The third-order valence-electron chi connectivity index (χ3n) is 4.91. The third kappa shape index (κ3) is 15.1. The van der Waals surface area contributed by atoms with Crippen molar-refractivity contribution in [1.29, 1.82) is 0 Å². The summed E-state index contributed by atoms with van der Waals surface area (Å²) in [5.41, 5.74) is 0. The summed E-state index contributed by atoms with van der Waals surface area (Å²) in [7, 11) is 3.95. The molecule has 0 saturated heterocycles. The van der Waals surface area contributed by atoms with Crippen LogP contribution in [-0.2, 0) is 4.79 Å². The van der Waals surface area contributed by atoms with E-state index in [9.17, 15) is 4.79 Å². The highest BCUT2D eigenvalue weighted by Crippen LogP contribution is 2.11. The Morgan fingerprint density at radius 2 is 1.28 bits per heavy atom. The van der Waals surface area contributed by atoms with Crippen molar-refractivity contribution in [2.45, 2.75) is 96.8 Å². The number of rotatable bonds is 17. The highest BCUT2D eigenvalue weighted by Gasteiger charge is 2.23. The van der Waals surface area contributed by atoms with E-state index in [0.29, 0.717) is 16.8 Å². The van der Waals surface area contributed by atoms with E-state index in [4.69, 9.17) is 0 Å². The maximum Gasteiger partial charge on any atom is 0.313 e. The molecule has 0 aliphatic rings. The smallest absolute Gasteiger partial charge is 0.262 e. The molecule has 0 aliphatic heterocycles. The van der Waals surface area contributed by atoms with Crippen LogP contribution in [0.1, 0.15) is 96.8 Å². The molecule has 0 fully saturated rings. The number of carbonyl (C=O) groups is 1. The molecule has 0 atom stereocenters. The second-order valence-corrected chi connectivity index (χ2v) is 7.88. The van der Waals surface area contributed by atoms with E-state index in [1.807, 2.05) is 20.2 Å². The summed E-state index contributed by atoms with van der Waals surface area (Å²) in [5.74, 6) is 0.331. The zero-order chi connectivity index (χ0) is 18.8. The first-order valence-corrected chi connectivity index (χ1v) is 10.7. The predicted octanol–water partition coefficient (Wildman–Crippen LogP) is 6.81. The van der Waals surface area contributed by atoms with Crippen molar-refractivity contribution in [3.63, 3.8) is 0 Å². The van der Waals surface area contributed by atoms with Gasteiger partial charge in [-0.15, -0.1) is 0 Å². The fourth-order valence-corrected chi connectivity index (χ4v) is 3.07. The lowest BCUT2D eigenvalue weighted by atomic mass is 10.1. The second-order valence-electron chi connectivity index (χ2n) is 7.88. The van der Waals surface area contributed by atoms with Crippen LogP contribution in [0.2, 0.25) is 0 Å². The molecular formula is C23H44NO+. The van der Waals surface area contributed by atoms with Crippen molar-refractivity contribution in [2.75, 3.05) is 20.6 Å². The number of nitrogens with zero attached hydrogens (tertiary/aromatic N) is 1. The number of hydrogen-bond donors (Lipinski definition) is 0. The zero-order valence-electron chi connectivity index (χ0n) is 17.4. The molecule has 0 aromatic heterocycles. The molecule has 0 spiro atoms. The molecule has 0 rings (SSSR count). The zero-order valence-corrected chi connectivity index (χ0v) is 17.4. The Kier molecular flexibility index (Phi) is 16.0. The molecule has 0 aliphatic carbocycles. The van der Waals surface area contributed by atoms with Gasteiger partial charge in [-0.2, -0.15) is 0 Å². The molecule has 146 valence electrons. The van der Waals surface area contributed by atoms with Crippen LogP contribution in [0.3, 0.4) is 0 Å². The van der Waals surface area contributed by atoms with Crippen LogP contribution in [0.15, 0.2) is 24.8 Å². The highest BCUT2D eigenvalue weighted by atomic mass is 16.2. The Morgan fingerprint density at radius 1 is 0.800 bits per heavy atom. The van der Waals surface area contributed by atoms with Crippen molar-refractivity contribution in [3.05, 3.63) is 24.8 Å². The summed E-state index contributed by atoms with van der Waals surface area (Å²) in [6.45, 7) is 6.73. The molecular weight excluding hydrogens is 306 g/mol. The number of likely N-dealkylation sites (N-methyl/N-ethyl adjacent to an activating group) is 1. The maximum atomic E-state index is 12.1. The lowest BCUT2D eigenvalue weighted by Crippen LogP contribution is -2.45. The van der Waals surface area contributed by atoms with Crippen LogP contribution < -0.4 is 0 Å². The van der Waals surface area contributed by atoms with Gasteiger partial charge in [0, 0.05) is 0 Å². The Bertz CT molecular complexity index is 357. The van der Waals surface area contributed by atoms with E-state index < -0.39 is 0 Å². The van der Waals surface area contributed by atoms with E-state index in [1.165, 1.54) is 77.0 Å². The summed E-state index contributed by atoms with van der Waals surface area (Å²) < 4.78 is 0.437. The summed E-state index contributed by atoms with van der Waals surface area (Å²) in [6.07, 6.45) is 24.1. The fourth-order valence-electron chi connectivity index (χ4n) is 3.07. The number of amides is 1. The van der Waals surface area contributed by atoms with Crippen LogP contribution in [0.5, 0.6) is 0 Å². The molecule has 0 aromatic carbocycles. The van der Waals surface area contributed by atoms with E-state index in [1.54, 1.807) is 0 Å². The van der Waals surface area contributed by atoms with Gasteiger partial charge >= 0.3 is 5.91 Å². The Labute approximate surface area is 158 Å². The van der Waals surface area contributed by atoms with E-state index in [0.717, 1.165) is 13.0 Å². The van der Waals surface area contributed by atoms with E-state index in [-0.39, 0.29) is 0 Å². The number of quaternary nitrogens is 1. The number of hydrogen-bond acceptors (Lipinski definition) is 1. The summed E-state index contributed by atoms with van der Waals surface area (Å²) in [6, 6.07) is 0. The molecule has 0 N–H and O–H groups in total. The Hall–Kier alpha value is -0.890. The molecule has 2 heteroatoms. The summed E-state index contributed by atoms with van der Waals surface area (Å²) in [4.78, 5) is 12.1. The number of unbranched alkanes of at least 4 members (excludes halogenated alkanes) is 11. The van der Waals surface area contributed by atoms with Gasteiger partial charge in [-0.25, -0.2) is 4.79 Å². The predicted molar refractivity (Wildman–Crippen MR) is 112 cm³/mol. The van der Waals surface area contributed by atoms with Gasteiger partial charge in [0.2, 0.25) is 0 Å². The average Bonchev–Trinajstić information content (AvgIpc) is 2.58. The monoisotopic (exact) mass is 350 g/mol. The maximum absolute atomic E-state index is 12.1. The van der Waals surface area contributed by atoms with Crippen LogP contribution in [0.25, 0.3) is 0 Å². The van der Waals surface area contributed by atoms with Gasteiger partial charge in [-0.05, 0) is 38.2 Å². The van der Waals surface area contributed by atoms with Crippen LogP contribution in [0.4, 0.5) is 0 Å². The standard InChI is InChI=1S/C23H44NO/c1-5-7-8-9-10-11-12-13-14-15-16-17-18-19-20-21-23(25)24(3,4)22-6-2/h6,13-14H,2,5,7-12,15-22H2,1,3-4H3/q+1/b14-13-. The topological polar surface area (TPSA) is 17.1 Å². The number of carbonyl (C=O) groups excluding carboxylic acids is 1. The molecule has 0 unspecified atom stereocenters. The first-order valence-electron chi connectivity index (χ1n) is 10.7. The lowest BCUT2D eigenvalue weighted by Gasteiger charge is -2.25. The van der Waals surface area contributed by atoms with Crippen LogP contribution >= 0.6 is 0 Å². The van der Waals surface area contributed by atoms with Gasteiger partial charge in [0.15, 0.2) is 0 Å². The average molecular weight is 351 g/mol. The quantitative estimate of drug-likeness (QED) is 0.160. The van der Waals surface area contributed by atoms with Gasteiger partial charge in [0.1, 0.15) is 6.54 Å².